The van der Waals surface area contributed by atoms with E-state index in [9.17, 15) is 0 Å². The van der Waals surface area contributed by atoms with Gasteiger partial charge in [-0.05, 0) is 93.7 Å². The highest BCUT2D eigenvalue weighted by Gasteiger charge is 2.19. The van der Waals surface area contributed by atoms with Crippen molar-refractivity contribution in [1.29, 1.82) is 0 Å². The summed E-state index contributed by atoms with van der Waals surface area (Å²) in [6.45, 7) is 20.0. The van der Waals surface area contributed by atoms with Crippen LogP contribution in [0.5, 0.6) is 5.75 Å². The van der Waals surface area contributed by atoms with E-state index in [0.717, 1.165) is 29.4 Å². The summed E-state index contributed by atoms with van der Waals surface area (Å²) in [6.07, 6.45) is 12.5. The van der Waals surface area contributed by atoms with Gasteiger partial charge < -0.3 is 4.74 Å². The molecule has 178 valence electrons. The summed E-state index contributed by atoms with van der Waals surface area (Å²) in [5.74, 6) is 4.40. The lowest BCUT2D eigenvalue weighted by Crippen LogP contribution is -2.13. The SMILES string of the molecule is C/C=C(\C)CCC(C)C(C)C.CC.COc1ccc(C=C2CCC(C(C)C)CC2)cc1. The van der Waals surface area contributed by atoms with Gasteiger partial charge in [0.15, 0.2) is 0 Å². The maximum Gasteiger partial charge on any atom is 0.118 e. The van der Waals surface area contributed by atoms with Crippen molar-refractivity contribution in [3.63, 3.8) is 0 Å². The molecule has 31 heavy (non-hydrogen) atoms. The van der Waals surface area contributed by atoms with Crippen LogP contribution in [-0.2, 0) is 0 Å². The highest BCUT2D eigenvalue weighted by atomic mass is 16.5. The van der Waals surface area contributed by atoms with Crippen molar-refractivity contribution in [2.45, 2.75) is 101 Å². The van der Waals surface area contributed by atoms with Crippen LogP contribution in [0.4, 0.5) is 0 Å². The van der Waals surface area contributed by atoms with Crippen LogP contribution in [0.1, 0.15) is 106 Å². The lowest BCUT2D eigenvalue weighted by molar-refractivity contribution is 0.312. The Morgan fingerprint density at radius 1 is 1.00 bits per heavy atom. The average Bonchev–Trinajstić information content (AvgIpc) is 2.79. The Morgan fingerprint density at radius 3 is 1.97 bits per heavy atom. The zero-order chi connectivity index (χ0) is 23.8. The number of allylic oxidation sites excluding steroid dienone is 3. The van der Waals surface area contributed by atoms with Crippen LogP contribution < -0.4 is 4.74 Å². The van der Waals surface area contributed by atoms with Gasteiger partial charge >= 0.3 is 0 Å². The highest BCUT2D eigenvalue weighted by molar-refractivity contribution is 5.54. The molecule has 0 heterocycles. The van der Waals surface area contributed by atoms with Crippen molar-refractivity contribution >= 4 is 6.08 Å². The van der Waals surface area contributed by atoms with Crippen molar-refractivity contribution in [2.75, 3.05) is 7.11 Å². The molecule has 0 bridgehead atoms. The number of hydrogen-bond donors (Lipinski definition) is 0. The zero-order valence-electron chi connectivity index (χ0n) is 22.4. The molecule has 1 unspecified atom stereocenters. The standard InChI is InChI=1S/C17H24O.C11H22.C2H6/c1-13(2)16-8-4-14(5-9-16)12-15-6-10-17(18-3)11-7-15;1-6-10(4)7-8-11(5)9(2)3;1-2/h6-7,10-13,16H,4-5,8-9H2,1-3H3;6,9,11H,7-8H2,1-5H3;1-2H3/b;10-6+;. The van der Waals surface area contributed by atoms with E-state index in [4.69, 9.17) is 4.74 Å². The lowest BCUT2D eigenvalue weighted by Gasteiger charge is -2.27. The smallest absolute Gasteiger partial charge is 0.118 e. The summed E-state index contributed by atoms with van der Waals surface area (Å²) in [5.41, 5.74) is 4.43. The molecule has 1 aromatic carbocycles. The Bertz CT molecular complexity index is 608. The van der Waals surface area contributed by atoms with Crippen molar-refractivity contribution in [3.8, 4) is 5.75 Å². The highest BCUT2D eigenvalue weighted by Crippen LogP contribution is 2.33. The number of methoxy groups -OCH3 is 1. The van der Waals surface area contributed by atoms with Crippen LogP contribution in [0.25, 0.3) is 6.08 Å². The van der Waals surface area contributed by atoms with Crippen LogP contribution in [0.3, 0.4) is 0 Å². The monoisotopic (exact) mass is 428 g/mol. The van der Waals surface area contributed by atoms with E-state index < -0.39 is 0 Å². The molecule has 1 aromatic rings. The molecule has 1 saturated carbocycles. The van der Waals surface area contributed by atoms with Gasteiger partial charge in [0.2, 0.25) is 0 Å². The van der Waals surface area contributed by atoms with Gasteiger partial charge in [-0.2, -0.15) is 0 Å². The maximum absolute atomic E-state index is 5.18. The van der Waals surface area contributed by atoms with Crippen LogP contribution in [-0.4, -0.2) is 7.11 Å². The molecule has 0 spiro atoms. The first kappa shape index (κ1) is 29.5. The molecule has 0 aliphatic heterocycles. The summed E-state index contributed by atoms with van der Waals surface area (Å²) in [7, 11) is 1.71. The second-order valence-corrected chi connectivity index (χ2v) is 9.55. The minimum absolute atomic E-state index is 0.833. The fourth-order valence-electron chi connectivity index (χ4n) is 3.69. The van der Waals surface area contributed by atoms with E-state index in [1.54, 1.807) is 12.7 Å². The van der Waals surface area contributed by atoms with E-state index in [-0.39, 0.29) is 0 Å². The summed E-state index contributed by atoms with van der Waals surface area (Å²) in [4.78, 5) is 0. The van der Waals surface area contributed by atoms with Crippen molar-refractivity contribution in [2.24, 2.45) is 23.7 Å². The van der Waals surface area contributed by atoms with E-state index in [2.05, 4.69) is 72.8 Å². The summed E-state index contributed by atoms with van der Waals surface area (Å²) >= 11 is 0. The Morgan fingerprint density at radius 2 is 1.55 bits per heavy atom. The number of benzene rings is 1. The Labute approximate surface area is 195 Å². The quantitative estimate of drug-likeness (QED) is 0.392. The first-order valence-electron chi connectivity index (χ1n) is 12.7. The minimum atomic E-state index is 0.833. The summed E-state index contributed by atoms with van der Waals surface area (Å²) in [5, 5.41) is 0. The molecular weight excluding hydrogens is 376 g/mol. The predicted molar refractivity (Wildman–Crippen MR) is 142 cm³/mol. The van der Waals surface area contributed by atoms with Gasteiger partial charge in [-0.1, -0.05) is 83.9 Å². The van der Waals surface area contributed by atoms with Gasteiger partial charge in [0.1, 0.15) is 5.75 Å². The molecule has 0 saturated heterocycles. The second-order valence-electron chi connectivity index (χ2n) is 9.55. The largest absolute Gasteiger partial charge is 0.497 e. The Hall–Kier alpha value is -1.50. The van der Waals surface area contributed by atoms with Gasteiger partial charge in [-0.15, -0.1) is 0 Å². The molecule has 1 heteroatoms. The first-order chi connectivity index (χ1) is 14.8. The summed E-state index contributed by atoms with van der Waals surface area (Å²) < 4.78 is 5.18. The van der Waals surface area contributed by atoms with Crippen LogP contribution >= 0.6 is 0 Å². The van der Waals surface area contributed by atoms with Gasteiger partial charge in [-0.25, -0.2) is 0 Å². The first-order valence-corrected chi connectivity index (χ1v) is 12.7. The van der Waals surface area contributed by atoms with E-state index >= 15 is 0 Å². The van der Waals surface area contributed by atoms with Crippen LogP contribution in [0.2, 0.25) is 0 Å². The third kappa shape index (κ3) is 12.8. The van der Waals surface area contributed by atoms with E-state index in [0.29, 0.717) is 0 Å². The van der Waals surface area contributed by atoms with Crippen LogP contribution in [0, 0.1) is 23.7 Å². The van der Waals surface area contributed by atoms with E-state index in [1.165, 1.54) is 49.7 Å². The van der Waals surface area contributed by atoms with Crippen molar-refractivity contribution in [1.82, 2.24) is 0 Å². The average molecular weight is 429 g/mol. The van der Waals surface area contributed by atoms with Gasteiger partial charge in [0, 0.05) is 0 Å². The number of rotatable bonds is 7. The molecule has 1 fully saturated rings. The topological polar surface area (TPSA) is 9.23 Å². The van der Waals surface area contributed by atoms with Crippen molar-refractivity contribution < 1.29 is 4.74 Å². The molecule has 1 atom stereocenters. The lowest BCUT2D eigenvalue weighted by atomic mass is 9.79. The van der Waals surface area contributed by atoms with E-state index in [1.807, 2.05) is 26.0 Å². The van der Waals surface area contributed by atoms with Crippen LogP contribution in [0.15, 0.2) is 41.5 Å². The summed E-state index contributed by atoms with van der Waals surface area (Å²) in [6, 6.07) is 8.35. The molecule has 0 N–H and O–H groups in total. The molecule has 0 amide bonds. The molecule has 1 nitrogen and oxygen atoms in total. The molecule has 2 rings (SSSR count). The third-order valence-electron chi connectivity index (χ3n) is 6.73. The molecule has 1 aliphatic rings. The Balaban J connectivity index is 0.000000599. The predicted octanol–water partition coefficient (Wildman–Crippen LogP) is 9.98. The molecule has 0 aromatic heterocycles. The van der Waals surface area contributed by atoms with Gasteiger partial charge in [0.05, 0.1) is 7.11 Å². The fraction of sp³-hybridized carbons (Fsp3) is 0.667. The van der Waals surface area contributed by atoms with Gasteiger partial charge in [-0.3, -0.25) is 0 Å². The molecular formula is C30H52O. The third-order valence-corrected chi connectivity index (χ3v) is 6.73. The number of ether oxygens (including phenoxy) is 1. The Kier molecular flexibility index (Phi) is 16.3. The minimum Gasteiger partial charge on any atom is -0.497 e. The second kappa shape index (κ2) is 17.1. The molecule has 0 radical (unpaired) electrons. The number of hydrogen-bond acceptors (Lipinski definition) is 1. The maximum atomic E-state index is 5.18. The van der Waals surface area contributed by atoms with Crippen molar-refractivity contribution in [3.05, 3.63) is 47.1 Å². The molecule has 1 aliphatic carbocycles. The van der Waals surface area contributed by atoms with Gasteiger partial charge in [0.25, 0.3) is 0 Å². The fourth-order valence-corrected chi connectivity index (χ4v) is 3.69. The zero-order valence-corrected chi connectivity index (χ0v) is 22.4. The normalized spacial score (nSPS) is 17.4.